The average molecular weight is 1880 g/mol. The number of benzene rings is 17. The van der Waals surface area contributed by atoms with Gasteiger partial charge in [-0.15, -0.1) is 0 Å². The van der Waals surface area contributed by atoms with Gasteiger partial charge < -0.3 is 23.8 Å². The lowest BCUT2D eigenvalue weighted by atomic mass is 9.33. The quantitative estimate of drug-likeness (QED) is 0.0532. The number of aromatic nitrogens is 2. The third-order valence-corrected chi connectivity index (χ3v) is 31.5. The number of para-hydroxylation sites is 2. The molecule has 21 rings (SSSR count). The van der Waals surface area contributed by atoms with E-state index in [2.05, 4.69) is 530 Å². The third kappa shape index (κ3) is 17.0. The predicted molar refractivity (Wildman–Crippen MR) is 626 cm³/mol. The third-order valence-electron chi connectivity index (χ3n) is 31.5. The molecule has 2 aliphatic heterocycles. The highest BCUT2D eigenvalue weighted by molar-refractivity contribution is 7.00. The van der Waals surface area contributed by atoms with E-state index in [9.17, 15) is 0 Å². The molecule has 6 heteroatoms. The molecule has 0 fully saturated rings. The molecule has 0 N–H and O–H groups in total. The molecule has 0 unspecified atom stereocenters. The molecule has 0 bridgehead atoms. The summed E-state index contributed by atoms with van der Waals surface area (Å²) in [6.45, 7) is 56.7. The van der Waals surface area contributed by atoms with E-state index in [-0.39, 0.29) is 6.71 Å². The van der Waals surface area contributed by atoms with Crippen LogP contribution in [-0.4, -0.2) is 15.8 Å². The SMILES string of the molecule is CC(C)c1cc(C(C)C)c(-c2ccc3c(c2)c2cc(-c4c(C(C)C)cc(C(C)C)cc4C(C)C)ccc2n3-c2ccc3c(c2)N(c2ccccc2)c2cc(N(c4ccc(-c5ccccc5)cc4)c4ccc(-c5ccccc5)cc4)cc4c2B3c2ccc(-n3c5ccc(-c6c(C(C)C)cc(C(C)C)cc6C(C)C)cc5c5cc(-c6c(C(C)C)cc(C(C)C)cc6C(C)C)ccc53)cc2N4c2ccccc2)c(C(C)C)c1. The average Bonchev–Trinajstić information content (AvgIpc) is 0.888. The maximum Gasteiger partial charge on any atom is 0.252 e. The molecule has 2 aliphatic rings. The van der Waals surface area contributed by atoms with Crippen LogP contribution in [0.15, 0.2) is 340 Å². The van der Waals surface area contributed by atoms with Gasteiger partial charge in [0.2, 0.25) is 0 Å². The van der Waals surface area contributed by atoms with Gasteiger partial charge in [-0.3, -0.25) is 0 Å². The normalized spacial score (nSPS) is 12.7. The van der Waals surface area contributed by atoms with Crippen molar-refractivity contribution in [3.05, 3.63) is 406 Å². The number of hydrogen-bond donors (Lipinski definition) is 0. The molecule has 144 heavy (non-hydrogen) atoms. The molecule has 19 aromatic rings. The molecule has 5 nitrogen and oxygen atoms in total. The summed E-state index contributed by atoms with van der Waals surface area (Å²) in [5.41, 5.74) is 52.2. The number of rotatable bonds is 25. The largest absolute Gasteiger partial charge is 0.311 e. The molecule has 17 aromatic carbocycles. The Balaban J connectivity index is 0.858. The maximum absolute atomic E-state index is 2.63. The van der Waals surface area contributed by atoms with Crippen LogP contribution in [0.1, 0.15) is 304 Å². The van der Waals surface area contributed by atoms with E-state index in [4.69, 9.17) is 0 Å². The van der Waals surface area contributed by atoms with E-state index in [1.165, 1.54) is 160 Å². The van der Waals surface area contributed by atoms with Crippen molar-refractivity contribution in [1.29, 1.82) is 0 Å². The van der Waals surface area contributed by atoms with E-state index in [0.29, 0.717) is 71.0 Å². The second kappa shape index (κ2) is 38.5. The van der Waals surface area contributed by atoms with E-state index < -0.39 is 0 Å². The van der Waals surface area contributed by atoms with Crippen molar-refractivity contribution in [3.63, 3.8) is 0 Å². The Labute approximate surface area is 857 Å². The minimum absolute atomic E-state index is 0.271. The van der Waals surface area contributed by atoms with Crippen molar-refractivity contribution in [2.75, 3.05) is 14.7 Å². The van der Waals surface area contributed by atoms with Crippen molar-refractivity contribution in [1.82, 2.24) is 9.13 Å². The molecule has 720 valence electrons. The van der Waals surface area contributed by atoms with Crippen LogP contribution in [0.2, 0.25) is 0 Å². The van der Waals surface area contributed by atoms with E-state index in [0.717, 1.165) is 95.8 Å². The standard InChI is InChI=1S/C138H140BN5/c1-81(2)101-69-112(85(9)10)134(113(70-101)86(11)12)97-49-61-126-120(65-97)121-66-98(135-114(87(13)14)71-102(82(3)4)72-115(135)88(15)16)50-62-127(121)143(126)109-57-59-124-130(77-109)141(105-41-33-27-34-42-105)132-79-111(140(107-53-45-95(46-54-107)93-37-29-25-30-38-93)108-55-47-96(48-56-108)94-39-31-26-32-40-94)80-133-138(132)139(124)125-60-58-110(78-131(125)142(133)106-43-35-28-36-44-106)144-128-63-51-99(136-116(89(17)18)73-103(83(5)6)74-117(136)90(19)20)67-122(128)123-68-100(52-64-129(123)144)137-118(91(21)22)75-104(84(7)8)76-119(137)92(23)24/h25-92H,1-24H3. The van der Waals surface area contributed by atoms with Crippen molar-refractivity contribution in [2.24, 2.45) is 0 Å². The first-order chi connectivity index (χ1) is 69.4. The summed E-state index contributed by atoms with van der Waals surface area (Å²) in [5, 5.41) is 4.94. The Hall–Kier alpha value is -14.2. The van der Waals surface area contributed by atoms with Crippen molar-refractivity contribution in [2.45, 2.75) is 237 Å². The first kappa shape index (κ1) is 96.0. The fourth-order valence-electron chi connectivity index (χ4n) is 23.8. The summed E-state index contributed by atoms with van der Waals surface area (Å²) in [7, 11) is 0. The molecule has 0 radical (unpaired) electrons. The topological polar surface area (TPSA) is 19.6 Å². The zero-order valence-corrected chi connectivity index (χ0v) is 89.1. The van der Waals surface area contributed by atoms with Crippen LogP contribution in [0, 0.1) is 0 Å². The summed E-state index contributed by atoms with van der Waals surface area (Å²) < 4.78 is 5.23. The molecule has 0 spiro atoms. The molecule has 0 aliphatic carbocycles. The zero-order valence-electron chi connectivity index (χ0n) is 89.1. The maximum atomic E-state index is 2.63. The van der Waals surface area contributed by atoms with Crippen LogP contribution in [0.25, 0.3) is 122 Å². The summed E-state index contributed by atoms with van der Waals surface area (Å²) in [5.74, 6) is 3.96. The Bertz CT molecular complexity index is 7260. The Morgan fingerprint density at radius 2 is 0.424 bits per heavy atom. The van der Waals surface area contributed by atoms with Gasteiger partial charge in [0.1, 0.15) is 0 Å². The highest BCUT2D eigenvalue weighted by Gasteiger charge is 2.45. The first-order valence-electron chi connectivity index (χ1n) is 53.5. The smallest absolute Gasteiger partial charge is 0.252 e. The van der Waals surface area contributed by atoms with Crippen molar-refractivity contribution >= 4 is 118 Å². The van der Waals surface area contributed by atoms with Crippen LogP contribution in [0.3, 0.4) is 0 Å². The first-order valence-corrected chi connectivity index (χ1v) is 53.5. The van der Waals surface area contributed by atoms with Gasteiger partial charge in [0.25, 0.3) is 6.71 Å². The molecule has 0 amide bonds. The summed E-state index contributed by atoms with van der Waals surface area (Å²) in [4.78, 5) is 7.77. The van der Waals surface area contributed by atoms with Crippen LogP contribution in [0.5, 0.6) is 0 Å². The van der Waals surface area contributed by atoms with Crippen LogP contribution in [-0.2, 0) is 0 Å². The van der Waals surface area contributed by atoms with Gasteiger partial charge in [-0.05, 0) is 354 Å². The molecule has 4 heterocycles. The second-order valence-corrected chi connectivity index (χ2v) is 45.1. The van der Waals surface area contributed by atoms with Crippen LogP contribution >= 0.6 is 0 Å². The molecular formula is C138H140BN5. The zero-order chi connectivity index (χ0) is 101. The summed E-state index contributed by atoms with van der Waals surface area (Å²) in [6, 6.07) is 133. The Kier molecular flexibility index (Phi) is 25.6. The van der Waals surface area contributed by atoms with E-state index >= 15 is 0 Å². The number of anilines is 9. The second-order valence-electron chi connectivity index (χ2n) is 45.1. The van der Waals surface area contributed by atoms with Gasteiger partial charge in [-0.25, -0.2) is 0 Å². The number of fused-ring (bicyclic) bond motifs is 10. The fraction of sp³-hybridized carbons (Fsp3) is 0.261. The minimum atomic E-state index is -0.271. The Morgan fingerprint density at radius 1 is 0.188 bits per heavy atom. The number of hydrogen-bond acceptors (Lipinski definition) is 3. The van der Waals surface area contributed by atoms with E-state index in [1.54, 1.807) is 0 Å². The van der Waals surface area contributed by atoms with Crippen molar-refractivity contribution < 1.29 is 0 Å². The van der Waals surface area contributed by atoms with Crippen LogP contribution in [0.4, 0.5) is 51.2 Å². The fourth-order valence-corrected chi connectivity index (χ4v) is 23.8. The Morgan fingerprint density at radius 3 is 0.667 bits per heavy atom. The van der Waals surface area contributed by atoms with Crippen LogP contribution < -0.4 is 31.1 Å². The molecule has 0 atom stereocenters. The predicted octanol–water partition coefficient (Wildman–Crippen LogP) is 38.9. The lowest BCUT2D eigenvalue weighted by molar-refractivity contribution is 0.807. The molecular weight excluding hydrogens is 1740 g/mol. The van der Waals surface area contributed by atoms with Crippen molar-refractivity contribution in [3.8, 4) is 78.1 Å². The molecule has 2 aromatic heterocycles. The molecule has 0 saturated carbocycles. The summed E-state index contributed by atoms with van der Waals surface area (Å²) >= 11 is 0. The minimum Gasteiger partial charge on any atom is -0.311 e. The van der Waals surface area contributed by atoms with Gasteiger partial charge in [-0.2, -0.15) is 0 Å². The van der Waals surface area contributed by atoms with Gasteiger partial charge in [0.05, 0.1) is 27.8 Å². The summed E-state index contributed by atoms with van der Waals surface area (Å²) in [6.07, 6.45) is 0. The monoisotopic (exact) mass is 1880 g/mol. The van der Waals surface area contributed by atoms with Gasteiger partial charge >= 0.3 is 0 Å². The van der Waals surface area contributed by atoms with Gasteiger partial charge in [0, 0.05) is 78.4 Å². The highest BCUT2D eigenvalue weighted by atomic mass is 15.2. The lowest BCUT2D eigenvalue weighted by Gasteiger charge is -2.45. The lowest BCUT2D eigenvalue weighted by Crippen LogP contribution is -2.61. The highest BCUT2D eigenvalue weighted by Crippen LogP contribution is 2.54. The van der Waals surface area contributed by atoms with Gasteiger partial charge in [0.15, 0.2) is 0 Å². The number of nitrogens with zero attached hydrogens (tertiary/aromatic N) is 5. The van der Waals surface area contributed by atoms with Gasteiger partial charge in [-0.1, -0.05) is 372 Å². The molecule has 0 saturated heterocycles. The van der Waals surface area contributed by atoms with E-state index in [1.807, 2.05) is 0 Å².